The molecule has 18 heavy (non-hydrogen) atoms. The van der Waals surface area contributed by atoms with Crippen LogP contribution >= 0.6 is 11.5 Å². The third-order valence-corrected chi connectivity index (χ3v) is 3.72. The standard InChI is InChI=1S/C14H23N3S/c1-4-7-8-10-12(15-11-6-3)14-13(9-5-2)16-17-18-14/h1,12,15H,5-11H2,2-3H3. The zero-order chi connectivity index (χ0) is 13.2. The molecular weight excluding hydrogens is 242 g/mol. The fraction of sp³-hybridized carbons (Fsp3) is 0.714. The first-order chi connectivity index (χ1) is 8.83. The minimum atomic E-state index is 0.375. The van der Waals surface area contributed by atoms with Gasteiger partial charge in [-0.25, -0.2) is 0 Å². The summed E-state index contributed by atoms with van der Waals surface area (Å²) in [5, 5.41) is 7.84. The van der Waals surface area contributed by atoms with Crippen LogP contribution in [0.4, 0.5) is 0 Å². The molecule has 1 atom stereocenters. The van der Waals surface area contributed by atoms with Gasteiger partial charge in [0.2, 0.25) is 0 Å². The van der Waals surface area contributed by atoms with Gasteiger partial charge in [0.25, 0.3) is 0 Å². The Hall–Kier alpha value is -0.920. The van der Waals surface area contributed by atoms with Gasteiger partial charge in [-0.15, -0.1) is 17.4 Å². The van der Waals surface area contributed by atoms with E-state index in [2.05, 4.69) is 34.7 Å². The van der Waals surface area contributed by atoms with E-state index in [-0.39, 0.29) is 0 Å². The molecule has 1 heterocycles. The van der Waals surface area contributed by atoms with E-state index in [1.807, 2.05) is 0 Å². The number of aryl methyl sites for hydroxylation is 1. The minimum Gasteiger partial charge on any atom is -0.309 e. The molecule has 1 N–H and O–H groups in total. The second-order valence-electron chi connectivity index (χ2n) is 4.44. The van der Waals surface area contributed by atoms with Gasteiger partial charge in [0.05, 0.1) is 10.6 Å². The highest BCUT2D eigenvalue weighted by Crippen LogP contribution is 2.26. The summed E-state index contributed by atoms with van der Waals surface area (Å²) >= 11 is 1.53. The molecule has 0 aliphatic carbocycles. The number of hydrogen-bond donors (Lipinski definition) is 1. The van der Waals surface area contributed by atoms with Crippen LogP contribution in [0, 0.1) is 12.3 Å². The summed E-state index contributed by atoms with van der Waals surface area (Å²) in [6, 6.07) is 0.375. The van der Waals surface area contributed by atoms with E-state index in [4.69, 9.17) is 6.42 Å². The van der Waals surface area contributed by atoms with Gasteiger partial charge in [-0.05, 0) is 43.8 Å². The van der Waals surface area contributed by atoms with E-state index in [1.165, 1.54) is 16.4 Å². The van der Waals surface area contributed by atoms with Crippen LogP contribution < -0.4 is 5.32 Å². The summed E-state index contributed by atoms with van der Waals surface area (Å²) in [4.78, 5) is 1.31. The number of nitrogens with zero attached hydrogens (tertiary/aromatic N) is 2. The first kappa shape index (κ1) is 15.1. The summed E-state index contributed by atoms with van der Waals surface area (Å²) in [6.07, 6.45) is 11.6. The average Bonchev–Trinajstić information content (AvgIpc) is 2.82. The second-order valence-corrected chi connectivity index (χ2v) is 5.22. The van der Waals surface area contributed by atoms with Crippen molar-refractivity contribution < 1.29 is 0 Å². The van der Waals surface area contributed by atoms with Gasteiger partial charge < -0.3 is 5.32 Å². The third kappa shape index (κ3) is 4.75. The highest BCUT2D eigenvalue weighted by Gasteiger charge is 2.17. The van der Waals surface area contributed by atoms with Crippen molar-refractivity contribution in [3.8, 4) is 12.3 Å². The summed E-state index contributed by atoms with van der Waals surface area (Å²) in [7, 11) is 0. The molecule has 1 aromatic rings. The fourth-order valence-corrected chi connectivity index (χ4v) is 2.75. The molecule has 0 aromatic carbocycles. The number of hydrogen-bond acceptors (Lipinski definition) is 4. The Labute approximate surface area is 115 Å². The van der Waals surface area contributed by atoms with Crippen LogP contribution in [-0.4, -0.2) is 16.1 Å². The second kappa shape index (κ2) is 9.07. The van der Waals surface area contributed by atoms with Gasteiger partial charge in [-0.1, -0.05) is 24.8 Å². The van der Waals surface area contributed by atoms with Gasteiger partial charge in [0, 0.05) is 12.5 Å². The lowest BCUT2D eigenvalue weighted by Crippen LogP contribution is -2.22. The van der Waals surface area contributed by atoms with Crippen molar-refractivity contribution in [2.45, 2.75) is 58.4 Å². The van der Waals surface area contributed by atoms with Crippen molar-refractivity contribution in [3.63, 3.8) is 0 Å². The molecule has 1 unspecified atom stereocenters. The number of nitrogens with one attached hydrogen (secondary N) is 1. The molecule has 1 rings (SSSR count). The van der Waals surface area contributed by atoms with Crippen LogP contribution in [0.2, 0.25) is 0 Å². The number of terminal acetylenes is 1. The molecule has 0 spiro atoms. The molecule has 0 aliphatic heterocycles. The molecule has 100 valence electrons. The molecule has 0 bridgehead atoms. The predicted molar refractivity (Wildman–Crippen MR) is 77.6 cm³/mol. The minimum absolute atomic E-state index is 0.375. The molecule has 0 fully saturated rings. The maximum atomic E-state index is 5.32. The van der Waals surface area contributed by atoms with Crippen LogP contribution in [0.15, 0.2) is 0 Å². The average molecular weight is 265 g/mol. The molecular formula is C14H23N3S. The Bertz CT molecular complexity index is 367. The fourth-order valence-electron chi connectivity index (χ4n) is 1.94. The van der Waals surface area contributed by atoms with Crippen molar-refractivity contribution in [1.82, 2.24) is 14.9 Å². The quantitative estimate of drug-likeness (QED) is 0.550. The summed E-state index contributed by atoms with van der Waals surface area (Å²) < 4.78 is 4.11. The van der Waals surface area contributed by atoms with E-state index < -0.39 is 0 Å². The molecule has 4 heteroatoms. The predicted octanol–water partition coefficient (Wildman–Crippen LogP) is 3.33. The Balaban J connectivity index is 2.67. The lowest BCUT2D eigenvalue weighted by atomic mass is 10.0. The largest absolute Gasteiger partial charge is 0.309 e. The van der Waals surface area contributed by atoms with Crippen LogP contribution in [0.25, 0.3) is 0 Å². The van der Waals surface area contributed by atoms with Crippen molar-refractivity contribution in [2.24, 2.45) is 0 Å². The monoisotopic (exact) mass is 265 g/mol. The Morgan fingerprint density at radius 3 is 2.89 bits per heavy atom. The maximum Gasteiger partial charge on any atom is 0.0803 e. The van der Waals surface area contributed by atoms with E-state index in [1.54, 1.807) is 0 Å². The van der Waals surface area contributed by atoms with E-state index in [9.17, 15) is 0 Å². The van der Waals surface area contributed by atoms with E-state index >= 15 is 0 Å². The third-order valence-electron chi connectivity index (χ3n) is 2.84. The van der Waals surface area contributed by atoms with Crippen molar-refractivity contribution >= 4 is 11.5 Å². The lowest BCUT2D eigenvalue weighted by Gasteiger charge is -2.17. The SMILES string of the molecule is C#CCCCC(NCCC)c1snnc1CCC. The van der Waals surface area contributed by atoms with Crippen LogP contribution in [0.1, 0.15) is 62.6 Å². The number of aromatic nitrogens is 2. The summed E-state index contributed by atoms with van der Waals surface area (Å²) in [6.45, 7) is 5.39. The first-order valence-corrected chi connectivity index (χ1v) is 7.58. The number of unbranched alkanes of at least 4 members (excludes halogenated alkanes) is 1. The highest BCUT2D eigenvalue weighted by molar-refractivity contribution is 7.05. The Kier molecular flexibility index (Phi) is 7.63. The molecule has 0 aliphatic rings. The van der Waals surface area contributed by atoms with E-state index in [0.717, 1.165) is 50.8 Å². The molecule has 0 amide bonds. The van der Waals surface area contributed by atoms with Gasteiger partial charge in [0.15, 0.2) is 0 Å². The molecule has 3 nitrogen and oxygen atoms in total. The number of rotatable bonds is 9. The molecule has 0 saturated heterocycles. The Morgan fingerprint density at radius 1 is 1.39 bits per heavy atom. The van der Waals surface area contributed by atoms with Gasteiger partial charge >= 0.3 is 0 Å². The summed E-state index contributed by atoms with van der Waals surface area (Å²) in [5.74, 6) is 2.71. The molecule has 0 saturated carbocycles. The molecule has 1 aromatic heterocycles. The highest BCUT2D eigenvalue weighted by atomic mass is 32.1. The van der Waals surface area contributed by atoms with Crippen LogP contribution in [0.5, 0.6) is 0 Å². The smallest absolute Gasteiger partial charge is 0.0803 e. The first-order valence-electron chi connectivity index (χ1n) is 6.81. The van der Waals surface area contributed by atoms with Crippen molar-refractivity contribution in [3.05, 3.63) is 10.6 Å². The van der Waals surface area contributed by atoms with Crippen LogP contribution in [0.3, 0.4) is 0 Å². The molecule has 0 radical (unpaired) electrons. The van der Waals surface area contributed by atoms with Gasteiger partial charge in [-0.2, -0.15) is 0 Å². The van der Waals surface area contributed by atoms with E-state index in [0.29, 0.717) is 6.04 Å². The van der Waals surface area contributed by atoms with Crippen LogP contribution in [-0.2, 0) is 6.42 Å². The normalized spacial score (nSPS) is 12.3. The lowest BCUT2D eigenvalue weighted by molar-refractivity contribution is 0.490. The maximum absolute atomic E-state index is 5.32. The zero-order valence-electron chi connectivity index (χ0n) is 11.4. The Morgan fingerprint density at radius 2 is 2.22 bits per heavy atom. The zero-order valence-corrected chi connectivity index (χ0v) is 12.2. The summed E-state index contributed by atoms with van der Waals surface area (Å²) in [5.41, 5.74) is 1.16. The van der Waals surface area contributed by atoms with Crippen molar-refractivity contribution in [1.29, 1.82) is 0 Å². The topological polar surface area (TPSA) is 37.8 Å². The van der Waals surface area contributed by atoms with Crippen molar-refractivity contribution in [2.75, 3.05) is 6.54 Å². The van der Waals surface area contributed by atoms with Gasteiger partial charge in [0.1, 0.15) is 0 Å². The van der Waals surface area contributed by atoms with Gasteiger partial charge in [-0.3, -0.25) is 0 Å².